The number of nitro groups is 1. The Labute approximate surface area is 172 Å². The molecular formula is C20H21N3O7. The van der Waals surface area contributed by atoms with Crippen LogP contribution in [0.25, 0.3) is 0 Å². The maximum atomic E-state index is 12.3. The van der Waals surface area contributed by atoms with Crippen molar-refractivity contribution in [1.29, 1.82) is 0 Å². The minimum atomic E-state index is -0.842. The van der Waals surface area contributed by atoms with E-state index in [1.54, 1.807) is 26.1 Å². The van der Waals surface area contributed by atoms with Crippen LogP contribution in [0.4, 0.5) is 11.4 Å². The summed E-state index contributed by atoms with van der Waals surface area (Å²) in [5, 5.41) is 16.4. The van der Waals surface area contributed by atoms with Crippen LogP contribution in [0.15, 0.2) is 36.4 Å². The highest BCUT2D eigenvalue weighted by Crippen LogP contribution is 2.32. The van der Waals surface area contributed by atoms with Crippen LogP contribution < -0.4 is 20.1 Å². The molecule has 0 saturated carbocycles. The molecule has 0 bridgehead atoms. The minimum Gasteiger partial charge on any atom is -0.486 e. The first-order valence-corrected chi connectivity index (χ1v) is 9.21. The fourth-order valence-electron chi connectivity index (χ4n) is 2.94. The van der Waals surface area contributed by atoms with Gasteiger partial charge in [-0.05, 0) is 30.7 Å². The zero-order valence-corrected chi connectivity index (χ0v) is 16.5. The number of hydrogen-bond donors (Lipinski definition) is 2. The summed E-state index contributed by atoms with van der Waals surface area (Å²) in [5.41, 5.74) is 0.878. The summed E-state index contributed by atoms with van der Waals surface area (Å²) < 4.78 is 16.0. The predicted octanol–water partition coefficient (Wildman–Crippen LogP) is 2.44. The number of rotatable bonds is 7. The number of anilines is 1. The molecule has 10 nitrogen and oxygen atoms in total. The molecule has 158 valence electrons. The lowest BCUT2D eigenvalue weighted by Crippen LogP contribution is -2.31. The number of carbonyl (C=O) groups excluding carboxylic acids is 2. The van der Waals surface area contributed by atoms with Crippen LogP contribution in [0.5, 0.6) is 11.5 Å². The van der Waals surface area contributed by atoms with Crippen molar-refractivity contribution in [3.8, 4) is 11.5 Å². The fraction of sp³-hybridized carbons (Fsp3) is 0.300. The molecular weight excluding hydrogens is 394 g/mol. The van der Waals surface area contributed by atoms with E-state index in [-0.39, 0.29) is 17.3 Å². The van der Waals surface area contributed by atoms with E-state index < -0.39 is 23.4 Å². The smallest absolute Gasteiger partial charge is 0.341 e. The molecule has 2 aromatic rings. The molecule has 0 fully saturated rings. The van der Waals surface area contributed by atoms with Crippen molar-refractivity contribution in [1.82, 2.24) is 5.32 Å². The number of ether oxygens (including phenoxy) is 3. The van der Waals surface area contributed by atoms with E-state index in [1.165, 1.54) is 12.1 Å². The van der Waals surface area contributed by atoms with Gasteiger partial charge in [0.1, 0.15) is 13.2 Å². The monoisotopic (exact) mass is 415 g/mol. The van der Waals surface area contributed by atoms with Gasteiger partial charge in [-0.3, -0.25) is 14.9 Å². The predicted molar refractivity (Wildman–Crippen MR) is 107 cm³/mol. The van der Waals surface area contributed by atoms with Gasteiger partial charge in [-0.25, -0.2) is 4.79 Å². The van der Waals surface area contributed by atoms with Gasteiger partial charge in [0.05, 0.1) is 16.5 Å². The Bertz CT molecular complexity index is 977. The summed E-state index contributed by atoms with van der Waals surface area (Å²) in [6.07, 6.45) is 0. The van der Waals surface area contributed by atoms with E-state index in [0.29, 0.717) is 30.4 Å². The lowest BCUT2D eigenvalue weighted by atomic mass is 10.1. The molecule has 0 aromatic heterocycles. The summed E-state index contributed by atoms with van der Waals surface area (Å²) in [6.45, 7) is 2.20. The number of nitrogens with zero attached hydrogens (tertiary/aromatic N) is 1. The van der Waals surface area contributed by atoms with Gasteiger partial charge in [0, 0.05) is 24.9 Å². The Hall–Kier alpha value is -3.82. The largest absolute Gasteiger partial charge is 0.486 e. The number of amides is 1. The van der Waals surface area contributed by atoms with Gasteiger partial charge >= 0.3 is 5.97 Å². The van der Waals surface area contributed by atoms with Gasteiger partial charge in [-0.2, -0.15) is 0 Å². The average molecular weight is 415 g/mol. The summed E-state index contributed by atoms with van der Waals surface area (Å²) in [4.78, 5) is 34.9. The van der Waals surface area contributed by atoms with E-state index in [4.69, 9.17) is 14.2 Å². The first-order valence-electron chi connectivity index (χ1n) is 9.21. The number of hydrogen-bond acceptors (Lipinski definition) is 8. The van der Waals surface area contributed by atoms with Gasteiger partial charge in [-0.15, -0.1) is 0 Å². The van der Waals surface area contributed by atoms with Gasteiger partial charge in [0.25, 0.3) is 11.6 Å². The Morgan fingerprint density at radius 2 is 1.90 bits per heavy atom. The van der Waals surface area contributed by atoms with E-state index in [0.717, 1.165) is 11.6 Å². The normalized spacial score (nSPS) is 13.1. The van der Waals surface area contributed by atoms with Crippen molar-refractivity contribution in [3.05, 3.63) is 57.6 Å². The van der Waals surface area contributed by atoms with Gasteiger partial charge in [0.15, 0.2) is 18.1 Å². The van der Waals surface area contributed by atoms with E-state index >= 15 is 0 Å². The lowest BCUT2D eigenvalue weighted by molar-refractivity contribution is -0.384. The molecule has 2 aromatic carbocycles. The molecule has 1 heterocycles. The van der Waals surface area contributed by atoms with Crippen molar-refractivity contribution in [2.45, 2.75) is 13.0 Å². The standard InChI is InChI=1S/C20H21N3O7/c1-12(13-3-6-17-18(9-13)29-8-7-28-17)22-19(24)11-30-20(25)15-10-14(23(26)27)4-5-16(15)21-2/h3-6,9-10,12,21H,7-8,11H2,1-2H3,(H,22,24)/t12-/m1/s1. The molecule has 0 unspecified atom stereocenters. The molecule has 1 amide bonds. The third-order valence-corrected chi connectivity index (χ3v) is 4.48. The van der Waals surface area contributed by atoms with Crippen molar-refractivity contribution >= 4 is 23.3 Å². The average Bonchev–Trinajstić information content (AvgIpc) is 2.76. The van der Waals surface area contributed by atoms with Crippen LogP contribution in [0, 0.1) is 10.1 Å². The van der Waals surface area contributed by atoms with Crippen molar-refractivity contribution in [2.24, 2.45) is 0 Å². The van der Waals surface area contributed by atoms with Crippen LogP contribution in [-0.4, -0.2) is 43.7 Å². The summed E-state index contributed by atoms with van der Waals surface area (Å²) in [5.74, 6) is -0.0985. The molecule has 10 heteroatoms. The first-order chi connectivity index (χ1) is 14.4. The molecule has 0 aliphatic carbocycles. The first kappa shape index (κ1) is 20.9. The topological polar surface area (TPSA) is 129 Å². The maximum Gasteiger partial charge on any atom is 0.341 e. The highest BCUT2D eigenvalue weighted by atomic mass is 16.6. The number of nitrogens with one attached hydrogen (secondary N) is 2. The summed E-state index contributed by atoms with van der Waals surface area (Å²) in [6, 6.07) is 8.78. The highest BCUT2D eigenvalue weighted by molar-refractivity contribution is 5.97. The quantitative estimate of drug-likeness (QED) is 0.401. The Morgan fingerprint density at radius 3 is 2.60 bits per heavy atom. The Morgan fingerprint density at radius 1 is 1.17 bits per heavy atom. The SMILES string of the molecule is CNc1ccc([N+](=O)[O-])cc1C(=O)OCC(=O)N[C@H](C)c1ccc2c(c1)OCCO2. The minimum absolute atomic E-state index is 0.0283. The Kier molecular flexibility index (Phi) is 6.35. The van der Waals surface area contributed by atoms with E-state index in [1.807, 2.05) is 6.07 Å². The third kappa shape index (κ3) is 4.77. The van der Waals surface area contributed by atoms with Crippen molar-refractivity contribution in [3.63, 3.8) is 0 Å². The van der Waals surface area contributed by atoms with Crippen LogP contribution >= 0.6 is 0 Å². The zero-order chi connectivity index (χ0) is 21.7. The Balaban J connectivity index is 1.60. The van der Waals surface area contributed by atoms with Crippen LogP contribution in [0.1, 0.15) is 28.9 Å². The second-order valence-electron chi connectivity index (χ2n) is 6.51. The number of nitro benzene ring substituents is 1. The fourth-order valence-corrected chi connectivity index (χ4v) is 2.94. The van der Waals surface area contributed by atoms with Crippen LogP contribution in [-0.2, 0) is 9.53 Å². The van der Waals surface area contributed by atoms with Gasteiger partial charge in [0.2, 0.25) is 0 Å². The number of non-ortho nitro benzene ring substituents is 1. The van der Waals surface area contributed by atoms with Crippen LogP contribution in [0.3, 0.4) is 0 Å². The molecule has 0 saturated heterocycles. The molecule has 1 aliphatic rings. The van der Waals surface area contributed by atoms with E-state index in [9.17, 15) is 19.7 Å². The highest BCUT2D eigenvalue weighted by Gasteiger charge is 2.20. The van der Waals surface area contributed by atoms with Crippen molar-refractivity contribution < 1.29 is 28.7 Å². The lowest BCUT2D eigenvalue weighted by Gasteiger charge is -2.21. The number of carbonyl (C=O) groups is 2. The molecule has 0 spiro atoms. The molecule has 2 N–H and O–H groups in total. The van der Waals surface area contributed by atoms with Gasteiger partial charge in [-0.1, -0.05) is 6.07 Å². The van der Waals surface area contributed by atoms with E-state index in [2.05, 4.69) is 10.6 Å². The molecule has 1 aliphatic heterocycles. The molecule has 30 heavy (non-hydrogen) atoms. The zero-order valence-electron chi connectivity index (χ0n) is 16.5. The maximum absolute atomic E-state index is 12.3. The number of benzene rings is 2. The van der Waals surface area contributed by atoms with Gasteiger partial charge < -0.3 is 24.8 Å². The molecule has 3 rings (SSSR count). The van der Waals surface area contributed by atoms with Crippen LogP contribution in [0.2, 0.25) is 0 Å². The second-order valence-corrected chi connectivity index (χ2v) is 6.51. The molecule has 0 radical (unpaired) electrons. The molecule has 1 atom stereocenters. The summed E-state index contributed by atoms with van der Waals surface area (Å²) in [7, 11) is 1.57. The van der Waals surface area contributed by atoms with Crippen molar-refractivity contribution in [2.75, 3.05) is 32.2 Å². The summed E-state index contributed by atoms with van der Waals surface area (Å²) >= 11 is 0. The number of esters is 1. The number of fused-ring (bicyclic) bond motifs is 1. The third-order valence-electron chi connectivity index (χ3n) is 4.48. The second kappa shape index (κ2) is 9.12.